The minimum atomic E-state index is -1.69. The lowest BCUT2D eigenvalue weighted by molar-refractivity contribution is -0.0980. The summed E-state index contributed by atoms with van der Waals surface area (Å²) in [4.78, 5) is 10.7. The number of amides is 1. The molecule has 0 heterocycles. The van der Waals surface area contributed by atoms with Crippen LogP contribution >= 0.6 is 0 Å². The highest BCUT2D eigenvalue weighted by atomic mass is 16.5. The molecule has 0 aromatic carbocycles. The number of hydrogen-bond donors (Lipinski definition) is 3. The van der Waals surface area contributed by atoms with Gasteiger partial charge in [0.15, 0.2) is 6.29 Å². The molecule has 0 aliphatic heterocycles. The van der Waals surface area contributed by atoms with Gasteiger partial charge in [0.25, 0.3) is 0 Å². The van der Waals surface area contributed by atoms with Crippen LogP contribution in [0, 0.1) is 0 Å². The average molecular weight is 193 g/mol. The van der Waals surface area contributed by atoms with Gasteiger partial charge in [0.1, 0.15) is 6.04 Å². The molecule has 0 aliphatic carbocycles. The Bertz CT molecular complexity index is 161. The maximum absolute atomic E-state index is 10.7. The number of nitrogens with one attached hydrogen (secondary N) is 1. The van der Waals surface area contributed by atoms with Crippen molar-refractivity contribution in [1.82, 2.24) is 5.32 Å². The lowest BCUT2D eigenvalue weighted by Crippen LogP contribution is -2.50. The molecule has 0 saturated carbocycles. The maximum atomic E-state index is 10.7. The molecule has 0 aromatic rings. The molecule has 0 saturated heterocycles. The highest BCUT2D eigenvalue weighted by Crippen LogP contribution is 2.01. The molecular weight excluding hydrogens is 178 g/mol. The molecule has 1 amide bonds. The van der Waals surface area contributed by atoms with Crippen molar-refractivity contribution in [3.8, 4) is 0 Å². The van der Waals surface area contributed by atoms with Gasteiger partial charge in [-0.25, -0.2) is 4.79 Å². The van der Waals surface area contributed by atoms with Crippen LogP contribution in [0.1, 0.15) is 6.92 Å². The van der Waals surface area contributed by atoms with E-state index in [4.69, 9.17) is 14.9 Å². The largest absolute Gasteiger partial charge is 0.453 e. The minimum Gasteiger partial charge on any atom is -0.453 e. The average Bonchev–Trinajstić information content (AvgIpc) is 2.11. The summed E-state index contributed by atoms with van der Waals surface area (Å²) < 4.78 is 9.13. The van der Waals surface area contributed by atoms with Crippen molar-refractivity contribution in [2.75, 3.05) is 14.2 Å². The Morgan fingerprint density at radius 1 is 1.38 bits per heavy atom. The van der Waals surface area contributed by atoms with E-state index in [-0.39, 0.29) is 0 Å². The van der Waals surface area contributed by atoms with Crippen LogP contribution in [0.2, 0.25) is 0 Å². The highest BCUT2D eigenvalue weighted by Gasteiger charge is 2.25. The van der Waals surface area contributed by atoms with E-state index in [0.29, 0.717) is 0 Å². The quantitative estimate of drug-likeness (QED) is 0.501. The van der Waals surface area contributed by atoms with Gasteiger partial charge < -0.3 is 25.0 Å². The van der Waals surface area contributed by atoms with E-state index >= 15 is 0 Å². The first-order chi connectivity index (χ1) is 6.02. The number of alkyl carbamates (subject to hydrolysis) is 1. The summed E-state index contributed by atoms with van der Waals surface area (Å²) in [6.45, 7) is 1.60. The predicted molar refractivity (Wildman–Crippen MR) is 44.0 cm³/mol. The topological polar surface area (TPSA) is 88.0 Å². The SMILES string of the molecule is COC(=O)N[C@H](C(O)O)[C@@H](C)OC. The molecule has 0 bridgehead atoms. The fourth-order valence-electron chi connectivity index (χ4n) is 0.776. The Hall–Kier alpha value is -0.850. The van der Waals surface area contributed by atoms with E-state index in [0.717, 1.165) is 0 Å². The Labute approximate surface area is 76.5 Å². The van der Waals surface area contributed by atoms with Crippen LogP contribution in [0.25, 0.3) is 0 Å². The first-order valence-electron chi connectivity index (χ1n) is 3.76. The molecule has 78 valence electrons. The number of carbonyl (C=O) groups is 1. The molecule has 0 rings (SSSR count). The zero-order chi connectivity index (χ0) is 10.4. The van der Waals surface area contributed by atoms with Crippen molar-refractivity contribution in [2.24, 2.45) is 0 Å². The normalized spacial score (nSPS) is 15.2. The molecule has 13 heavy (non-hydrogen) atoms. The van der Waals surface area contributed by atoms with Gasteiger partial charge in [-0.05, 0) is 6.92 Å². The van der Waals surface area contributed by atoms with E-state index < -0.39 is 24.5 Å². The zero-order valence-electron chi connectivity index (χ0n) is 7.85. The number of methoxy groups -OCH3 is 2. The smallest absolute Gasteiger partial charge is 0.407 e. The van der Waals surface area contributed by atoms with E-state index in [2.05, 4.69) is 10.1 Å². The van der Waals surface area contributed by atoms with Gasteiger partial charge in [-0.3, -0.25) is 0 Å². The van der Waals surface area contributed by atoms with Crippen LogP contribution < -0.4 is 5.32 Å². The van der Waals surface area contributed by atoms with E-state index in [1.54, 1.807) is 6.92 Å². The summed E-state index contributed by atoms with van der Waals surface area (Å²) in [5, 5.41) is 20.0. The van der Waals surface area contributed by atoms with Crippen LogP contribution in [0.3, 0.4) is 0 Å². The second kappa shape index (κ2) is 5.74. The molecule has 0 fully saturated rings. The Morgan fingerprint density at radius 3 is 2.23 bits per heavy atom. The molecule has 0 aliphatic rings. The first-order valence-corrected chi connectivity index (χ1v) is 3.76. The molecular formula is C7H15NO5. The molecule has 2 atom stereocenters. The molecule has 0 aromatic heterocycles. The number of hydrogen-bond acceptors (Lipinski definition) is 5. The van der Waals surface area contributed by atoms with Crippen LogP contribution in [-0.4, -0.2) is 49.0 Å². The van der Waals surface area contributed by atoms with E-state index in [9.17, 15) is 4.79 Å². The number of carbonyl (C=O) groups excluding carboxylic acids is 1. The summed E-state index contributed by atoms with van der Waals surface area (Å²) in [6, 6.07) is -0.905. The standard InChI is InChI=1S/C7H15NO5/c1-4(12-2)5(6(9)10)8-7(11)13-3/h4-6,9-10H,1-3H3,(H,8,11)/t4-,5+/m1/s1. The van der Waals surface area contributed by atoms with Crippen LogP contribution in [0.5, 0.6) is 0 Å². The monoisotopic (exact) mass is 193 g/mol. The van der Waals surface area contributed by atoms with Gasteiger partial charge in [0.2, 0.25) is 0 Å². The Kier molecular flexibility index (Phi) is 5.36. The summed E-state index contributed by atoms with van der Waals surface area (Å²) >= 11 is 0. The second-order valence-electron chi connectivity index (χ2n) is 2.52. The van der Waals surface area contributed by atoms with Gasteiger partial charge in [0, 0.05) is 7.11 Å². The van der Waals surface area contributed by atoms with Gasteiger partial charge in [-0.15, -0.1) is 0 Å². The molecule has 0 spiro atoms. The van der Waals surface area contributed by atoms with Crippen molar-refractivity contribution >= 4 is 6.09 Å². The van der Waals surface area contributed by atoms with Crippen molar-refractivity contribution in [3.63, 3.8) is 0 Å². The van der Waals surface area contributed by atoms with Crippen molar-refractivity contribution in [1.29, 1.82) is 0 Å². The van der Waals surface area contributed by atoms with E-state index in [1.807, 2.05) is 0 Å². The third-order valence-electron chi connectivity index (χ3n) is 1.67. The van der Waals surface area contributed by atoms with Crippen molar-refractivity contribution in [2.45, 2.75) is 25.4 Å². The number of ether oxygens (including phenoxy) is 2. The summed E-state index contributed by atoms with van der Waals surface area (Å²) in [6.07, 6.45) is -2.94. The van der Waals surface area contributed by atoms with Crippen molar-refractivity contribution in [3.05, 3.63) is 0 Å². The lowest BCUT2D eigenvalue weighted by atomic mass is 10.2. The van der Waals surface area contributed by atoms with Crippen LogP contribution in [-0.2, 0) is 9.47 Å². The fraction of sp³-hybridized carbons (Fsp3) is 0.857. The van der Waals surface area contributed by atoms with Gasteiger partial charge in [-0.2, -0.15) is 0 Å². The first kappa shape index (κ1) is 12.2. The predicted octanol–water partition coefficient (Wildman–Crippen LogP) is -0.943. The molecule has 0 unspecified atom stereocenters. The highest BCUT2D eigenvalue weighted by molar-refractivity contribution is 5.67. The molecule has 6 nitrogen and oxygen atoms in total. The third kappa shape index (κ3) is 4.07. The van der Waals surface area contributed by atoms with Gasteiger partial charge >= 0.3 is 6.09 Å². The second-order valence-corrected chi connectivity index (χ2v) is 2.52. The van der Waals surface area contributed by atoms with Crippen molar-refractivity contribution < 1.29 is 24.5 Å². The Balaban J connectivity index is 4.17. The van der Waals surface area contributed by atoms with Crippen LogP contribution in [0.15, 0.2) is 0 Å². The number of rotatable bonds is 4. The fourth-order valence-corrected chi connectivity index (χ4v) is 0.776. The summed E-state index contributed by atoms with van der Waals surface area (Å²) in [5.74, 6) is 0. The van der Waals surface area contributed by atoms with Gasteiger partial charge in [0.05, 0.1) is 13.2 Å². The van der Waals surface area contributed by atoms with Gasteiger partial charge in [-0.1, -0.05) is 0 Å². The molecule has 3 N–H and O–H groups in total. The maximum Gasteiger partial charge on any atom is 0.407 e. The molecule has 0 radical (unpaired) electrons. The number of aliphatic hydroxyl groups is 2. The molecule has 6 heteroatoms. The Morgan fingerprint density at radius 2 is 1.92 bits per heavy atom. The third-order valence-corrected chi connectivity index (χ3v) is 1.67. The lowest BCUT2D eigenvalue weighted by Gasteiger charge is -2.24. The minimum absolute atomic E-state index is 0.515. The zero-order valence-corrected chi connectivity index (χ0v) is 7.85. The van der Waals surface area contributed by atoms with E-state index in [1.165, 1.54) is 14.2 Å². The van der Waals surface area contributed by atoms with Crippen LogP contribution in [0.4, 0.5) is 4.79 Å². The summed E-state index contributed by atoms with van der Waals surface area (Å²) in [7, 11) is 2.59. The summed E-state index contributed by atoms with van der Waals surface area (Å²) in [5.41, 5.74) is 0. The number of aliphatic hydroxyl groups excluding tert-OH is 1.